The molecule has 1 aliphatic heterocycles. The van der Waals surface area contributed by atoms with Crippen molar-refractivity contribution in [2.75, 3.05) is 13.1 Å². The number of hydrogen-bond donors (Lipinski definition) is 1. The predicted octanol–water partition coefficient (Wildman–Crippen LogP) is 3.47. The largest absolute Gasteiger partial charge is 0.467 e. The Balaban J connectivity index is 1.46. The lowest BCUT2D eigenvalue weighted by Crippen LogP contribution is -2.36. The van der Waals surface area contributed by atoms with Gasteiger partial charge in [0.2, 0.25) is 5.91 Å². The molecule has 1 aromatic carbocycles. The summed E-state index contributed by atoms with van der Waals surface area (Å²) in [5.74, 6) is 1.24. The lowest BCUT2D eigenvalue weighted by Gasteiger charge is -2.20. The van der Waals surface area contributed by atoms with Crippen LogP contribution in [0.1, 0.15) is 42.7 Å². The normalized spacial score (nSPS) is 18.8. The van der Waals surface area contributed by atoms with E-state index in [2.05, 4.69) is 31.3 Å². The fourth-order valence-electron chi connectivity index (χ4n) is 3.43. The number of nitrogens with one attached hydrogen (secondary N) is 1. The Bertz CT molecular complexity index is 665. The molecule has 1 saturated heterocycles. The highest BCUT2D eigenvalue weighted by atomic mass is 16.3. The molecule has 0 unspecified atom stereocenters. The van der Waals surface area contributed by atoms with Crippen molar-refractivity contribution >= 4 is 5.91 Å². The van der Waals surface area contributed by atoms with Gasteiger partial charge in [-0.25, -0.2) is 0 Å². The smallest absolute Gasteiger partial charge is 0.222 e. The number of aryl methyl sites for hydroxylation is 2. The van der Waals surface area contributed by atoms with E-state index in [1.165, 1.54) is 11.1 Å². The monoisotopic (exact) mass is 326 g/mol. The summed E-state index contributed by atoms with van der Waals surface area (Å²) in [4.78, 5) is 14.4. The lowest BCUT2D eigenvalue weighted by atomic mass is 10.1. The van der Waals surface area contributed by atoms with Crippen LogP contribution in [0.25, 0.3) is 0 Å². The van der Waals surface area contributed by atoms with E-state index in [1.807, 2.05) is 29.2 Å². The third-order valence-electron chi connectivity index (χ3n) is 4.79. The molecule has 24 heavy (non-hydrogen) atoms. The van der Waals surface area contributed by atoms with Gasteiger partial charge in [-0.05, 0) is 43.9 Å². The fourth-order valence-corrected chi connectivity index (χ4v) is 3.43. The predicted molar refractivity (Wildman–Crippen MR) is 94.7 cm³/mol. The Hall–Kier alpha value is -2.07. The number of nitrogens with zero attached hydrogens (tertiary/aromatic N) is 1. The minimum Gasteiger partial charge on any atom is -0.467 e. The molecule has 2 aromatic rings. The van der Waals surface area contributed by atoms with Crippen molar-refractivity contribution in [1.29, 1.82) is 0 Å². The van der Waals surface area contributed by atoms with Crippen LogP contribution in [0.4, 0.5) is 0 Å². The summed E-state index contributed by atoms with van der Waals surface area (Å²) in [6.45, 7) is 5.81. The Morgan fingerprint density at radius 1 is 1.33 bits per heavy atom. The zero-order chi connectivity index (χ0) is 16.9. The highest BCUT2D eigenvalue weighted by molar-refractivity contribution is 5.76. The third kappa shape index (κ3) is 4.06. The lowest BCUT2D eigenvalue weighted by molar-refractivity contribution is -0.130. The SMILES string of the molecule is Cc1ccoc1[C@H](C)N[C@@H]1CCN(C(=O)CCc2ccccc2)C1. The summed E-state index contributed by atoms with van der Waals surface area (Å²) in [7, 11) is 0. The van der Waals surface area contributed by atoms with E-state index in [4.69, 9.17) is 4.42 Å². The molecule has 128 valence electrons. The highest BCUT2D eigenvalue weighted by Crippen LogP contribution is 2.21. The van der Waals surface area contributed by atoms with Crippen LogP contribution in [0.15, 0.2) is 47.1 Å². The number of rotatable bonds is 6. The van der Waals surface area contributed by atoms with Gasteiger partial charge in [-0.2, -0.15) is 0 Å². The van der Waals surface area contributed by atoms with E-state index in [9.17, 15) is 4.79 Å². The number of furan rings is 1. The van der Waals surface area contributed by atoms with Gasteiger partial charge < -0.3 is 14.6 Å². The molecule has 2 atom stereocenters. The molecule has 1 N–H and O–H groups in total. The van der Waals surface area contributed by atoms with Crippen molar-refractivity contribution in [3.05, 3.63) is 59.5 Å². The standard InChI is InChI=1S/C20H26N2O2/c1-15-11-13-24-20(15)16(2)21-18-10-12-22(14-18)19(23)9-8-17-6-4-3-5-7-17/h3-7,11,13,16,18,21H,8-10,12,14H2,1-2H3/t16-,18+/m0/s1. The van der Waals surface area contributed by atoms with E-state index < -0.39 is 0 Å². The van der Waals surface area contributed by atoms with E-state index in [0.29, 0.717) is 12.5 Å². The van der Waals surface area contributed by atoms with Crippen LogP contribution in [0.3, 0.4) is 0 Å². The van der Waals surface area contributed by atoms with Gasteiger partial charge in [-0.1, -0.05) is 30.3 Å². The van der Waals surface area contributed by atoms with Gasteiger partial charge in [0.25, 0.3) is 0 Å². The Morgan fingerprint density at radius 2 is 2.12 bits per heavy atom. The third-order valence-corrected chi connectivity index (χ3v) is 4.79. The van der Waals surface area contributed by atoms with E-state index in [0.717, 1.165) is 31.7 Å². The summed E-state index contributed by atoms with van der Waals surface area (Å²) in [5.41, 5.74) is 2.39. The summed E-state index contributed by atoms with van der Waals surface area (Å²) in [6, 6.07) is 12.7. The van der Waals surface area contributed by atoms with Gasteiger partial charge >= 0.3 is 0 Å². The van der Waals surface area contributed by atoms with Crippen LogP contribution in [-0.4, -0.2) is 29.9 Å². The van der Waals surface area contributed by atoms with Crippen LogP contribution in [0.5, 0.6) is 0 Å². The molecule has 3 rings (SSSR count). The average Bonchev–Trinajstić information content (AvgIpc) is 3.22. The molecule has 1 amide bonds. The van der Waals surface area contributed by atoms with Gasteiger partial charge in [-0.3, -0.25) is 4.79 Å². The topological polar surface area (TPSA) is 45.5 Å². The van der Waals surface area contributed by atoms with Crippen LogP contribution in [0.2, 0.25) is 0 Å². The first-order chi connectivity index (χ1) is 11.6. The molecule has 0 radical (unpaired) electrons. The van der Waals surface area contributed by atoms with Crippen LogP contribution in [-0.2, 0) is 11.2 Å². The molecule has 4 nitrogen and oxygen atoms in total. The van der Waals surface area contributed by atoms with Crippen molar-refractivity contribution < 1.29 is 9.21 Å². The van der Waals surface area contributed by atoms with Gasteiger partial charge in [0.05, 0.1) is 12.3 Å². The molecule has 4 heteroatoms. The first-order valence-corrected chi connectivity index (χ1v) is 8.75. The van der Waals surface area contributed by atoms with Crippen molar-refractivity contribution in [3.63, 3.8) is 0 Å². The number of hydrogen-bond acceptors (Lipinski definition) is 3. The minimum absolute atomic E-state index is 0.171. The van der Waals surface area contributed by atoms with Crippen molar-refractivity contribution in [2.45, 2.75) is 45.2 Å². The molecule has 1 aliphatic rings. The zero-order valence-corrected chi connectivity index (χ0v) is 14.5. The first kappa shape index (κ1) is 16.8. The molecule has 0 saturated carbocycles. The van der Waals surface area contributed by atoms with Crippen molar-refractivity contribution in [2.24, 2.45) is 0 Å². The maximum absolute atomic E-state index is 12.4. The molecular weight excluding hydrogens is 300 g/mol. The maximum atomic E-state index is 12.4. The summed E-state index contributed by atoms with van der Waals surface area (Å²) in [6.07, 6.45) is 4.14. The summed E-state index contributed by atoms with van der Waals surface area (Å²) >= 11 is 0. The summed E-state index contributed by atoms with van der Waals surface area (Å²) in [5, 5.41) is 3.59. The molecule has 2 heterocycles. The maximum Gasteiger partial charge on any atom is 0.222 e. The second-order valence-electron chi connectivity index (χ2n) is 6.67. The second kappa shape index (κ2) is 7.67. The van der Waals surface area contributed by atoms with Gasteiger partial charge in [0.15, 0.2) is 0 Å². The van der Waals surface area contributed by atoms with Crippen molar-refractivity contribution in [1.82, 2.24) is 10.2 Å². The van der Waals surface area contributed by atoms with E-state index in [-0.39, 0.29) is 11.9 Å². The second-order valence-corrected chi connectivity index (χ2v) is 6.67. The van der Waals surface area contributed by atoms with Crippen LogP contribution < -0.4 is 5.32 Å². The van der Waals surface area contributed by atoms with Crippen LogP contribution in [0, 0.1) is 6.92 Å². The molecular formula is C20H26N2O2. The highest BCUT2D eigenvalue weighted by Gasteiger charge is 2.27. The van der Waals surface area contributed by atoms with Gasteiger partial charge in [0.1, 0.15) is 5.76 Å². The van der Waals surface area contributed by atoms with E-state index in [1.54, 1.807) is 6.26 Å². The molecule has 0 bridgehead atoms. The summed E-state index contributed by atoms with van der Waals surface area (Å²) < 4.78 is 5.56. The molecule has 1 fully saturated rings. The van der Waals surface area contributed by atoms with E-state index >= 15 is 0 Å². The number of carbonyl (C=O) groups is 1. The van der Waals surface area contributed by atoms with Crippen LogP contribution >= 0.6 is 0 Å². The fraction of sp³-hybridized carbons (Fsp3) is 0.450. The Morgan fingerprint density at radius 3 is 2.83 bits per heavy atom. The Labute approximate surface area is 143 Å². The molecule has 1 aromatic heterocycles. The quantitative estimate of drug-likeness (QED) is 0.884. The number of likely N-dealkylation sites (tertiary alicyclic amines) is 1. The minimum atomic E-state index is 0.171. The number of amides is 1. The first-order valence-electron chi connectivity index (χ1n) is 8.75. The zero-order valence-electron chi connectivity index (χ0n) is 14.5. The van der Waals surface area contributed by atoms with Crippen molar-refractivity contribution in [3.8, 4) is 0 Å². The average molecular weight is 326 g/mol. The van der Waals surface area contributed by atoms with Gasteiger partial charge in [0, 0.05) is 25.6 Å². The van der Waals surface area contributed by atoms with Gasteiger partial charge in [-0.15, -0.1) is 0 Å². The molecule has 0 spiro atoms. The Kier molecular flexibility index (Phi) is 5.36. The number of benzene rings is 1. The number of carbonyl (C=O) groups excluding carboxylic acids is 1. The molecule has 0 aliphatic carbocycles.